The number of benzene rings is 1. The van der Waals surface area contributed by atoms with Crippen LogP contribution in [0.4, 0.5) is 0 Å². The van der Waals surface area contributed by atoms with Crippen molar-refractivity contribution >= 4 is 15.9 Å². The van der Waals surface area contributed by atoms with E-state index >= 15 is 0 Å². The first-order chi connectivity index (χ1) is 6.57. The van der Waals surface area contributed by atoms with Crippen LogP contribution >= 0.6 is 15.9 Å². The Morgan fingerprint density at radius 1 is 1.43 bits per heavy atom. The maximum Gasteiger partial charge on any atom is 0.106 e. The van der Waals surface area contributed by atoms with E-state index in [-0.39, 0.29) is 6.54 Å². The molecular formula is C10H14BrNO2. The van der Waals surface area contributed by atoms with Gasteiger partial charge >= 0.3 is 0 Å². The molecule has 1 aromatic rings. The average molecular weight is 260 g/mol. The molecule has 14 heavy (non-hydrogen) atoms. The Morgan fingerprint density at radius 3 is 2.64 bits per heavy atom. The molecule has 0 heterocycles. The van der Waals surface area contributed by atoms with Crippen LogP contribution in [-0.4, -0.2) is 22.9 Å². The van der Waals surface area contributed by atoms with Crippen LogP contribution in [-0.2, 0) is 0 Å². The molecule has 0 spiro atoms. The molecule has 0 bridgehead atoms. The molecule has 0 fully saturated rings. The van der Waals surface area contributed by atoms with Crippen LogP contribution in [0, 0.1) is 6.92 Å². The van der Waals surface area contributed by atoms with Crippen molar-refractivity contribution in [3.8, 4) is 0 Å². The first-order valence-corrected chi connectivity index (χ1v) is 5.18. The second-order valence-corrected chi connectivity index (χ2v) is 4.06. The molecule has 4 N–H and O–H groups in total. The highest BCUT2D eigenvalue weighted by atomic mass is 79.9. The largest absolute Gasteiger partial charge is 0.389 e. The number of rotatable bonds is 3. The minimum absolute atomic E-state index is 0.0487. The summed E-state index contributed by atoms with van der Waals surface area (Å²) in [4.78, 5) is 0. The Kier molecular flexibility index (Phi) is 4.07. The molecule has 0 saturated heterocycles. The predicted molar refractivity (Wildman–Crippen MR) is 58.9 cm³/mol. The summed E-state index contributed by atoms with van der Waals surface area (Å²) in [6.45, 7) is 1.93. The van der Waals surface area contributed by atoms with E-state index in [0.29, 0.717) is 5.56 Å². The molecule has 1 rings (SSSR count). The van der Waals surface area contributed by atoms with Crippen LogP contribution in [0.5, 0.6) is 0 Å². The Hall–Kier alpha value is -0.420. The molecule has 0 aliphatic rings. The van der Waals surface area contributed by atoms with E-state index in [0.717, 1.165) is 10.0 Å². The molecule has 0 radical (unpaired) electrons. The highest BCUT2D eigenvalue weighted by Crippen LogP contribution is 2.26. The van der Waals surface area contributed by atoms with Gasteiger partial charge in [-0.15, -0.1) is 0 Å². The smallest absolute Gasteiger partial charge is 0.106 e. The number of hydrogen-bond acceptors (Lipinski definition) is 3. The standard InChI is InChI=1S/C10H14BrNO2/c1-6-7(3-2-4-8(6)11)10(14)9(13)5-12/h2-4,9-10,13-14H,5,12H2,1H3. The minimum atomic E-state index is -0.919. The molecule has 78 valence electrons. The Morgan fingerprint density at radius 2 is 2.07 bits per heavy atom. The van der Waals surface area contributed by atoms with Crippen molar-refractivity contribution in [2.75, 3.05) is 6.54 Å². The number of hydrogen-bond donors (Lipinski definition) is 3. The van der Waals surface area contributed by atoms with E-state index in [2.05, 4.69) is 15.9 Å². The molecular weight excluding hydrogens is 246 g/mol. The van der Waals surface area contributed by atoms with Crippen LogP contribution in [0.1, 0.15) is 17.2 Å². The highest BCUT2D eigenvalue weighted by Gasteiger charge is 2.18. The summed E-state index contributed by atoms with van der Waals surface area (Å²) in [5, 5.41) is 19.1. The fraction of sp³-hybridized carbons (Fsp3) is 0.400. The van der Waals surface area contributed by atoms with Gasteiger partial charge in [0.05, 0.1) is 6.10 Å². The summed E-state index contributed by atoms with van der Waals surface area (Å²) >= 11 is 3.36. The zero-order valence-corrected chi connectivity index (χ0v) is 9.53. The van der Waals surface area contributed by atoms with Gasteiger partial charge in [0.2, 0.25) is 0 Å². The molecule has 0 aromatic heterocycles. The summed E-state index contributed by atoms with van der Waals surface area (Å²) in [5.41, 5.74) is 6.91. The van der Waals surface area contributed by atoms with Crippen LogP contribution in [0.25, 0.3) is 0 Å². The third kappa shape index (κ3) is 2.33. The maximum atomic E-state index is 9.74. The lowest BCUT2D eigenvalue weighted by molar-refractivity contribution is 0.0239. The summed E-state index contributed by atoms with van der Waals surface area (Å²) in [5.74, 6) is 0. The second kappa shape index (κ2) is 4.89. The first-order valence-electron chi connectivity index (χ1n) is 4.39. The summed E-state index contributed by atoms with van der Waals surface area (Å²) < 4.78 is 0.915. The molecule has 1 aromatic carbocycles. The van der Waals surface area contributed by atoms with Crippen molar-refractivity contribution in [1.82, 2.24) is 0 Å². The Balaban J connectivity index is 3.01. The third-order valence-electron chi connectivity index (χ3n) is 2.23. The van der Waals surface area contributed by atoms with E-state index in [4.69, 9.17) is 5.73 Å². The van der Waals surface area contributed by atoms with Crippen molar-refractivity contribution in [2.24, 2.45) is 5.73 Å². The quantitative estimate of drug-likeness (QED) is 0.762. The lowest BCUT2D eigenvalue weighted by Gasteiger charge is -2.18. The van der Waals surface area contributed by atoms with Crippen LogP contribution in [0.3, 0.4) is 0 Å². The molecule has 0 amide bonds. The second-order valence-electron chi connectivity index (χ2n) is 3.20. The van der Waals surface area contributed by atoms with Crippen LogP contribution in [0.15, 0.2) is 22.7 Å². The van der Waals surface area contributed by atoms with E-state index in [1.54, 1.807) is 6.07 Å². The highest BCUT2D eigenvalue weighted by molar-refractivity contribution is 9.10. The van der Waals surface area contributed by atoms with Gasteiger partial charge in [0.25, 0.3) is 0 Å². The minimum Gasteiger partial charge on any atom is -0.389 e. The van der Waals surface area contributed by atoms with Crippen molar-refractivity contribution in [1.29, 1.82) is 0 Å². The van der Waals surface area contributed by atoms with Gasteiger partial charge in [-0.2, -0.15) is 0 Å². The van der Waals surface area contributed by atoms with Gasteiger partial charge in [-0.05, 0) is 24.1 Å². The fourth-order valence-electron chi connectivity index (χ4n) is 1.28. The average Bonchev–Trinajstić information content (AvgIpc) is 2.20. The van der Waals surface area contributed by atoms with Gasteiger partial charge in [0.1, 0.15) is 6.10 Å². The van der Waals surface area contributed by atoms with Crippen molar-refractivity contribution < 1.29 is 10.2 Å². The van der Waals surface area contributed by atoms with E-state index < -0.39 is 12.2 Å². The topological polar surface area (TPSA) is 66.5 Å². The number of aliphatic hydroxyl groups is 2. The summed E-state index contributed by atoms with van der Waals surface area (Å²) in [6.07, 6.45) is -1.83. The Bertz CT molecular complexity index is 317. The monoisotopic (exact) mass is 259 g/mol. The van der Waals surface area contributed by atoms with Crippen LogP contribution < -0.4 is 5.73 Å². The van der Waals surface area contributed by atoms with E-state index in [9.17, 15) is 10.2 Å². The maximum absolute atomic E-state index is 9.74. The molecule has 0 aliphatic heterocycles. The fourth-order valence-corrected chi connectivity index (χ4v) is 1.66. The van der Waals surface area contributed by atoms with Gasteiger partial charge in [-0.1, -0.05) is 28.1 Å². The molecule has 0 aliphatic carbocycles. The molecule has 4 heteroatoms. The number of nitrogens with two attached hydrogens (primary N) is 1. The van der Waals surface area contributed by atoms with E-state index in [1.165, 1.54) is 0 Å². The molecule has 2 unspecified atom stereocenters. The molecule has 2 atom stereocenters. The molecule has 3 nitrogen and oxygen atoms in total. The lowest BCUT2D eigenvalue weighted by Crippen LogP contribution is -2.27. The number of aliphatic hydroxyl groups excluding tert-OH is 2. The van der Waals surface area contributed by atoms with Gasteiger partial charge in [-0.3, -0.25) is 0 Å². The zero-order chi connectivity index (χ0) is 10.7. The van der Waals surface area contributed by atoms with Crippen molar-refractivity contribution in [2.45, 2.75) is 19.1 Å². The normalized spacial score (nSPS) is 15.2. The number of halogens is 1. The summed E-state index contributed by atoms with van der Waals surface area (Å²) in [6, 6.07) is 5.49. The zero-order valence-electron chi connectivity index (χ0n) is 7.94. The van der Waals surface area contributed by atoms with Crippen molar-refractivity contribution in [3.05, 3.63) is 33.8 Å². The van der Waals surface area contributed by atoms with Gasteiger partial charge in [-0.25, -0.2) is 0 Å². The van der Waals surface area contributed by atoms with Gasteiger partial charge < -0.3 is 15.9 Å². The Labute approximate surface area is 91.7 Å². The SMILES string of the molecule is Cc1c(Br)cccc1C(O)C(O)CN. The summed E-state index contributed by atoms with van der Waals surface area (Å²) in [7, 11) is 0. The van der Waals surface area contributed by atoms with Crippen molar-refractivity contribution in [3.63, 3.8) is 0 Å². The van der Waals surface area contributed by atoms with Crippen LogP contribution in [0.2, 0.25) is 0 Å². The van der Waals surface area contributed by atoms with E-state index in [1.807, 2.05) is 19.1 Å². The first kappa shape index (κ1) is 11.7. The predicted octanol–water partition coefficient (Wildman–Crippen LogP) is 1.11. The third-order valence-corrected chi connectivity index (χ3v) is 3.09. The van der Waals surface area contributed by atoms with Gasteiger partial charge in [0.15, 0.2) is 0 Å². The lowest BCUT2D eigenvalue weighted by atomic mass is 10.00. The van der Waals surface area contributed by atoms with Gasteiger partial charge in [0, 0.05) is 11.0 Å². The molecule has 0 saturated carbocycles.